The summed E-state index contributed by atoms with van der Waals surface area (Å²) in [6.45, 7) is 11.2. The molecule has 0 aliphatic carbocycles. The molecule has 0 aliphatic rings. The van der Waals surface area contributed by atoms with Crippen molar-refractivity contribution in [3.63, 3.8) is 0 Å². The molecular weight excluding hydrogens is 262 g/mol. The van der Waals surface area contributed by atoms with Crippen LogP contribution in [0.5, 0.6) is 0 Å². The molecule has 21 heavy (non-hydrogen) atoms. The summed E-state index contributed by atoms with van der Waals surface area (Å²) in [5.41, 5.74) is 7.94. The summed E-state index contributed by atoms with van der Waals surface area (Å²) in [5.74, 6) is 0.986. The van der Waals surface area contributed by atoms with Gasteiger partial charge in [0.05, 0.1) is 5.69 Å². The van der Waals surface area contributed by atoms with Crippen molar-refractivity contribution < 1.29 is 0 Å². The van der Waals surface area contributed by atoms with E-state index < -0.39 is 0 Å². The van der Waals surface area contributed by atoms with E-state index >= 15 is 0 Å². The van der Waals surface area contributed by atoms with Gasteiger partial charge in [-0.15, -0.1) is 0 Å². The summed E-state index contributed by atoms with van der Waals surface area (Å²) in [6.07, 6.45) is 6.03. The maximum Gasteiger partial charge on any atom is 0.154 e. The van der Waals surface area contributed by atoms with Gasteiger partial charge in [-0.2, -0.15) is 5.10 Å². The lowest BCUT2D eigenvalue weighted by Crippen LogP contribution is -2.31. The van der Waals surface area contributed by atoms with E-state index in [1.165, 1.54) is 0 Å². The van der Waals surface area contributed by atoms with Gasteiger partial charge in [-0.3, -0.25) is 0 Å². The van der Waals surface area contributed by atoms with E-state index in [1.54, 1.807) is 0 Å². The largest absolute Gasteiger partial charge is 0.354 e. The van der Waals surface area contributed by atoms with Gasteiger partial charge in [0, 0.05) is 37.4 Å². The highest BCUT2D eigenvalue weighted by molar-refractivity contribution is 5.69. The van der Waals surface area contributed by atoms with E-state index in [2.05, 4.69) is 48.7 Å². The Labute approximate surface area is 127 Å². The Kier molecular flexibility index (Phi) is 4.83. The van der Waals surface area contributed by atoms with Crippen LogP contribution in [0.15, 0.2) is 18.5 Å². The topological polar surface area (TPSA) is 59.5 Å². The third-order valence-corrected chi connectivity index (χ3v) is 3.62. The Morgan fingerprint density at radius 1 is 1.29 bits per heavy atom. The standard InChI is InChI=1S/C16H27N5/c1-5-6-9-20(10-7-17)15-13-12-14(16(2,3)4)19-21(13)11-8-18-15/h8,11-12H,5-7,9-10,17H2,1-4H3. The molecule has 0 fully saturated rings. The molecule has 0 saturated heterocycles. The molecule has 0 spiro atoms. The van der Waals surface area contributed by atoms with Gasteiger partial charge in [0.25, 0.3) is 0 Å². The van der Waals surface area contributed by atoms with Gasteiger partial charge < -0.3 is 10.6 Å². The van der Waals surface area contributed by atoms with Gasteiger partial charge >= 0.3 is 0 Å². The summed E-state index contributed by atoms with van der Waals surface area (Å²) in [6, 6.07) is 2.15. The van der Waals surface area contributed by atoms with Crippen LogP contribution < -0.4 is 10.6 Å². The highest BCUT2D eigenvalue weighted by Gasteiger charge is 2.20. The van der Waals surface area contributed by atoms with Crippen LogP contribution in [0.3, 0.4) is 0 Å². The van der Waals surface area contributed by atoms with Crippen LogP contribution in [-0.2, 0) is 5.41 Å². The second-order valence-corrected chi connectivity index (χ2v) is 6.49. The van der Waals surface area contributed by atoms with Crippen LogP contribution in [0.4, 0.5) is 5.82 Å². The minimum Gasteiger partial charge on any atom is -0.354 e. The van der Waals surface area contributed by atoms with Crippen molar-refractivity contribution in [1.82, 2.24) is 14.6 Å². The van der Waals surface area contributed by atoms with E-state index in [1.807, 2.05) is 16.9 Å². The van der Waals surface area contributed by atoms with Gasteiger partial charge in [0.1, 0.15) is 5.52 Å². The van der Waals surface area contributed by atoms with E-state index in [0.29, 0.717) is 6.54 Å². The number of hydrogen-bond acceptors (Lipinski definition) is 4. The summed E-state index contributed by atoms with van der Waals surface area (Å²) >= 11 is 0. The van der Waals surface area contributed by atoms with Crippen molar-refractivity contribution in [3.8, 4) is 0 Å². The zero-order valence-electron chi connectivity index (χ0n) is 13.6. The Morgan fingerprint density at radius 2 is 2.05 bits per heavy atom. The number of hydrogen-bond donors (Lipinski definition) is 1. The zero-order valence-corrected chi connectivity index (χ0v) is 13.6. The van der Waals surface area contributed by atoms with Crippen LogP contribution in [0.25, 0.3) is 5.52 Å². The average Bonchev–Trinajstić information content (AvgIpc) is 2.87. The fraction of sp³-hybridized carbons (Fsp3) is 0.625. The van der Waals surface area contributed by atoms with Gasteiger partial charge in [-0.05, 0) is 12.5 Å². The first-order valence-electron chi connectivity index (χ1n) is 7.77. The van der Waals surface area contributed by atoms with E-state index in [9.17, 15) is 0 Å². The normalized spacial score (nSPS) is 12.0. The van der Waals surface area contributed by atoms with Crippen LogP contribution in [0.2, 0.25) is 0 Å². The molecule has 0 amide bonds. The molecule has 0 bridgehead atoms. The fourth-order valence-electron chi connectivity index (χ4n) is 2.35. The van der Waals surface area contributed by atoms with Crippen molar-refractivity contribution in [2.45, 2.75) is 46.0 Å². The Hall–Kier alpha value is -1.62. The molecule has 2 aromatic heterocycles. The summed E-state index contributed by atoms with van der Waals surface area (Å²) in [7, 11) is 0. The molecule has 2 rings (SSSR count). The quantitative estimate of drug-likeness (QED) is 0.888. The molecule has 5 nitrogen and oxygen atoms in total. The lowest BCUT2D eigenvalue weighted by molar-refractivity contribution is 0.562. The van der Waals surface area contributed by atoms with Crippen LogP contribution in [-0.4, -0.2) is 34.2 Å². The maximum absolute atomic E-state index is 5.77. The van der Waals surface area contributed by atoms with Crippen molar-refractivity contribution >= 4 is 11.3 Å². The molecule has 116 valence electrons. The van der Waals surface area contributed by atoms with E-state index in [-0.39, 0.29) is 5.41 Å². The molecule has 0 radical (unpaired) electrons. The van der Waals surface area contributed by atoms with Crippen molar-refractivity contribution in [1.29, 1.82) is 0 Å². The Balaban J connectivity index is 2.44. The molecular formula is C16H27N5. The highest BCUT2D eigenvalue weighted by Crippen LogP contribution is 2.26. The second-order valence-electron chi connectivity index (χ2n) is 6.49. The predicted octanol–water partition coefficient (Wildman–Crippen LogP) is 2.59. The number of anilines is 1. The molecule has 0 saturated carbocycles. The van der Waals surface area contributed by atoms with Gasteiger partial charge in [0.2, 0.25) is 0 Å². The highest BCUT2D eigenvalue weighted by atomic mass is 15.3. The minimum absolute atomic E-state index is 0.0331. The predicted molar refractivity (Wildman–Crippen MR) is 87.9 cm³/mol. The number of nitrogens with two attached hydrogens (primary N) is 1. The summed E-state index contributed by atoms with van der Waals surface area (Å²) in [4.78, 5) is 6.85. The molecule has 2 heterocycles. The molecule has 0 unspecified atom stereocenters. The van der Waals surface area contributed by atoms with Crippen molar-refractivity contribution in [3.05, 3.63) is 24.2 Å². The first kappa shape index (κ1) is 15.8. The number of aromatic nitrogens is 3. The number of nitrogens with zero attached hydrogens (tertiary/aromatic N) is 4. The number of fused-ring (bicyclic) bond motifs is 1. The first-order chi connectivity index (χ1) is 9.97. The van der Waals surface area contributed by atoms with E-state index in [4.69, 9.17) is 5.73 Å². The lowest BCUT2D eigenvalue weighted by Gasteiger charge is -2.23. The molecule has 5 heteroatoms. The average molecular weight is 289 g/mol. The Morgan fingerprint density at radius 3 is 2.67 bits per heavy atom. The third-order valence-electron chi connectivity index (χ3n) is 3.62. The lowest BCUT2D eigenvalue weighted by atomic mass is 9.92. The molecule has 0 aromatic carbocycles. The van der Waals surface area contributed by atoms with Gasteiger partial charge in [-0.1, -0.05) is 34.1 Å². The molecule has 2 aromatic rings. The van der Waals surface area contributed by atoms with Gasteiger partial charge in [-0.25, -0.2) is 9.50 Å². The number of rotatable bonds is 6. The maximum atomic E-state index is 5.77. The fourth-order valence-corrected chi connectivity index (χ4v) is 2.35. The summed E-state index contributed by atoms with van der Waals surface area (Å²) < 4.78 is 1.93. The first-order valence-corrected chi connectivity index (χ1v) is 7.77. The SMILES string of the molecule is CCCCN(CCN)c1nccn2nc(C(C)(C)C)cc12. The second kappa shape index (κ2) is 6.43. The third kappa shape index (κ3) is 3.53. The van der Waals surface area contributed by atoms with Crippen molar-refractivity contribution in [2.24, 2.45) is 5.73 Å². The minimum atomic E-state index is 0.0331. The van der Waals surface area contributed by atoms with Crippen molar-refractivity contribution in [2.75, 3.05) is 24.5 Å². The number of unbranched alkanes of at least 4 members (excludes halogenated alkanes) is 1. The van der Waals surface area contributed by atoms with Crippen LogP contribution in [0, 0.1) is 0 Å². The van der Waals surface area contributed by atoms with E-state index in [0.717, 1.165) is 43.0 Å². The van der Waals surface area contributed by atoms with Crippen LogP contribution >= 0.6 is 0 Å². The smallest absolute Gasteiger partial charge is 0.154 e. The molecule has 0 aliphatic heterocycles. The Bertz CT molecular complexity index is 582. The van der Waals surface area contributed by atoms with Gasteiger partial charge in [0.15, 0.2) is 5.82 Å². The summed E-state index contributed by atoms with van der Waals surface area (Å²) in [5, 5.41) is 4.69. The van der Waals surface area contributed by atoms with Crippen LogP contribution in [0.1, 0.15) is 46.2 Å². The molecule has 2 N–H and O–H groups in total. The molecule has 0 atom stereocenters. The zero-order chi connectivity index (χ0) is 15.5. The monoisotopic (exact) mass is 289 g/mol.